The first-order valence-electron chi connectivity index (χ1n) is 9.86. The predicted octanol–water partition coefficient (Wildman–Crippen LogP) is 5.56. The Morgan fingerprint density at radius 3 is 2.43 bits per heavy atom. The molecule has 1 aromatic heterocycles. The van der Waals surface area contributed by atoms with E-state index in [1.165, 1.54) is 43.4 Å². The van der Waals surface area contributed by atoms with E-state index < -0.39 is 0 Å². The van der Waals surface area contributed by atoms with Crippen LogP contribution in [-0.2, 0) is 4.79 Å². The molecular formula is C22H28N2O3S. The summed E-state index contributed by atoms with van der Waals surface area (Å²) in [7, 11) is 0. The van der Waals surface area contributed by atoms with Gasteiger partial charge in [0.05, 0.1) is 6.21 Å². The number of amides is 1. The van der Waals surface area contributed by atoms with Crippen LogP contribution in [0.4, 0.5) is 0 Å². The lowest BCUT2D eigenvalue weighted by atomic mass is 10.1. The summed E-state index contributed by atoms with van der Waals surface area (Å²) in [6.07, 6.45) is 10.4. The van der Waals surface area contributed by atoms with E-state index in [-0.39, 0.29) is 11.9 Å². The van der Waals surface area contributed by atoms with Crippen LogP contribution >= 0.6 is 11.3 Å². The van der Waals surface area contributed by atoms with Crippen LogP contribution in [0.3, 0.4) is 0 Å². The van der Waals surface area contributed by atoms with Crippen LogP contribution in [0.15, 0.2) is 46.9 Å². The van der Waals surface area contributed by atoms with Gasteiger partial charge in [-0.3, -0.25) is 4.79 Å². The third-order valence-corrected chi connectivity index (χ3v) is 5.07. The first kappa shape index (κ1) is 21.8. The second kappa shape index (κ2) is 12.8. The molecule has 0 radical (unpaired) electrons. The van der Waals surface area contributed by atoms with Crippen molar-refractivity contribution in [2.75, 3.05) is 0 Å². The molecule has 0 saturated heterocycles. The van der Waals surface area contributed by atoms with Gasteiger partial charge in [0.25, 0.3) is 0 Å². The van der Waals surface area contributed by atoms with Gasteiger partial charge in [0.1, 0.15) is 10.6 Å². The van der Waals surface area contributed by atoms with E-state index >= 15 is 0 Å². The molecule has 1 amide bonds. The Balaban J connectivity index is 1.64. The van der Waals surface area contributed by atoms with Crippen molar-refractivity contribution in [1.82, 2.24) is 5.43 Å². The maximum atomic E-state index is 11.9. The Bertz CT molecular complexity index is 740. The summed E-state index contributed by atoms with van der Waals surface area (Å²) in [4.78, 5) is 24.2. The molecule has 6 heteroatoms. The minimum Gasteiger partial charge on any atom is -0.422 e. The summed E-state index contributed by atoms with van der Waals surface area (Å²) in [5, 5.41) is 5.81. The molecule has 2 aromatic rings. The van der Waals surface area contributed by atoms with Crippen LogP contribution < -0.4 is 10.2 Å². The summed E-state index contributed by atoms with van der Waals surface area (Å²) in [6.45, 7) is 2.21. The molecule has 0 bridgehead atoms. The summed E-state index contributed by atoms with van der Waals surface area (Å²) < 4.78 is 5.30. The second-order valence-corrected chi connectivity index (χ2v) is 7.55. The lowest BCUT2D eigenvalue weighted by Gasteiger charge is -2.03. The van der Waals surface area contributed by atoms with Crippen molar-refractivity contribution >= 4 is 29.4 Å². The molecule has 1 N–H and O–H groups in total. The van der Waals surface area contributed by atoms with Gasteiger partial charge in [-0.2, -0.15) is 5.10 Å². The molecule has 0 unspecified atom stereocenters. The van der Waals surface area contributed by atoms with Crippen LogP contribution in [0.25, 0.3) is 0 Å². The molecule has 0 spiro atoms. The van der Waals surface area contributed by atoms with Gasteiger partial charge in [0.2, 0.25) is 5.91 Å². The highest BCUT2D eigenvalue weighted by atomic mass is 32.1. The fourth-order valence-electron chi connectivity index (χ4n) is 2.65. The standard InChI is InChI=1S/C22H28N2O3S/c1-2-3-4-5-6-7-8-11-21(25)24-23-17-18-12-14-19(15-13-18)27-22(26)20-10-9-16-28-20/h9-10,12-17H,2-8,11H2,1H3,(H,24,25). The number of benzene rings is 1. The van der Waals surface area contributed by atoms with Crippen LogP contribution in [-0.4, -0.2) is 18.1 Å². The molecule has 2 rings (SSSR count). The number of carbonyl (C=O) groups is 2. The highest BCUT2D eigenvalue weighted by Crippen LogP contribution is 2.16. The monoisotopic (exact) mass is 400 g/mol. The number of ether oxygens (including phenoxy) is 1. The van der Waals surface area contributed by atoms with Crippen molar-refractivity contribution in [3.8, 4) is 5.75 Å². The van der Waals surface area contributed by atoms with E-state index in [1.807, 2.05) is 11.4 Å². The summed E-state index contributed by atoms with van der Waals surface area (Å²) in [5.74, 6) is 0.0406. The molecule has 150 valence electrons. The number of hydrogen-bond donors (Lipinski definition) is 1. The quantitative estimate of drug-likeness (QED) is 0.167. The highest BCUT2D eigenvalue weighted by Gasteiger charge is 2.08. The molecule has 0 aliphatic heterocycles. The van der Waals surface area contributed by atoms with Crippen molar-refractivity contribution in [2.24, 2.45) is 5.10 Å². The first-order valence-corrected chi connectivity index (χ1v) is 10.7. The van der Waals surface area contributed by atoms with E-state index in [2.05, 4.69) is 17.5 Å². The van der Waals surface area contributed by atoms with Gasteiger partial charge in [0.15, 0.2) is 0 Å². The van der Waals surface area contributed by atoms with E-state index in [4.69, 9.17) is 4.74 Å². The Labute approximate surface area is 170 Å². The average molecular weight is 401 g/mol. The minimum atomic E-state index is -0.367. The van der Waals surface area contributed by atoms with Crippen LogP contribution in [0.1, 0.15) is 73.5 Å². The van der Waals surface area contributed by atoms with Crippen LogP contribution in [0, 0.1) is 0 Å². The van der Waals surface area contributed by atoms with Crippen LogP contribution in [0.2, 0.25) is 0 Å². The molecule has 0 aliphatic carbocycles. The van der Waals surface area contributed by atoms with Gasteiger partial charge >= 0.3 is 5.97 Å². The fraction of sp³-hybridized carbons (Fsp3) is 0.409. The number of carbonyl (C=O) groups excluding carboxylic acids is 2. The van der Waals surface area contributed by atoms with E-state index in [0.29, 0.717) is 17.0 Å². The Morgan fingerprint density at radius 1 is 1.04 bits per heavy atom. The lowest BCUT2D eigenvalue weighted by molar-refractivity contribution is -0.121. The zero-order valence-corrected chi connectivity index (χ0v) is 17.2. The van der Waals surface area contributed by atoms with Crippen molar-refractivity contribution in [3.05, 3.63) is 52.2 Å². The molecule has 0 aliphatic rings. The molecule has 5 nitrogen and oxygen atoms in total. The van der Waals surface area contributed by atoms with E-state index in [1.54, 1.807) is 36.5 Å². The topological polar surface area (TPSA) is 67.8 Å². The number of nitrogens with one attached hydrogen (secondary N) is 1. The first-order chi connectivity index (χ1) is 13.7. The zero-order valence-electron chi connectivity index (χ0n) is 16.4. The molecule has 0 saturated carbocycles. The average Bonchev–Trinajstić information content (AvgIpc) is 3.24. The fourth-order valence-corrected chi connectivity index (χ4v) is 3.25. The maximum absolute atomic E-state index is 11.9. The Hall–Kier alpha value is -2.47. The van der Waals surface area contributed by atoms with Gasteiger partial charge in [-0.25, -0.2) is 10.2 Å². The smallest absolute Gasteiger partial charge is 0.353 e. The van der Waals surface area contributed by atoms with Crippen molar-refractivity contribution < 1.29 is 14.3 Å². The summed E-state index contributed by atoms with van der Waals surface area (Å²) >= 11 is 1.34. The lowest BCUT2D eigenvalue weighted by Crippen LogP contribution is -2.16. The zero-order chi connectivity index (χ0) is 20.0. The largest absolute Gasteiger partial charge is 0.422 e. The van der Waals surface area contributed by atoms with Gasteiger partial charge in [0, 0.05) is 6.42 Å². The number of rotatable bonds is 12. The van der Waals surface area contributed by atoms with Crippen molar-refractivity contribution in [2.45, 2.75) is 58.3 Å². The van der Waals surface area contributed by atoms with Gasteiger partial charge in [-0.15, -0.1) is 11.3 Å². The number of esters is 1. The molecule has 1 heterocycles. The van der Waals surface area contributed by atoms with Crippen molar-refractivity contribution in [3.63, 3.8) is 0 Å². The van der Waals surface area contributed by atoms with Gasteiger partial charge in [-0.05, 0) is 47.7 Å². The Kier molecular flexibility index (Phi) is 10.0. The minimum absolute atomic E-state index is 0.0636. The summed E-state index contributed by atoms with van der Waals surface area (Å²) in [5.41, 5.74) is 3.37. The predicted molar refractivity (Wildman–Crippen MR) is 114 cm³/mol. The normalized spacial score (nSPS) is 10.9. The highest BCUT2D eigenvalue weighted by molar-refractivity contribution is 7.12. The number of hydrazone groups is 1. The number of unbranched alkanes of at least 4 members (excludes halogenated alkanes) is 6. The summed E-state index contributed by atoms with van der Waals surface area (Å²) in [6, 6.07) is 10.5. The number of nitrogens with zero attached hydrogens (tertiary/aromatic N) is 1. The third-order valence-electron chi connectivity index (χ3n) is 4.22. The third kappa shape index (κ3) is 8.48. The van der Waals surface area contributed by atoms with E-state index in [9.17, 15) is 9.59 Å². The molecular weight excluding hydrogens is 372 g/mol. The van der Waals surface area contributed by atoms with Crippen molar-refractivity contribution in [1.29, 1.82) is 0 Å². The SMILES string of the molecule is CCCCCCCCCC(=O)NN=Cc1ccc(OC(=O)c2cccs2)cc1. The van der Waals surface area contributed by atoms with Gasteiger partial charge in [-0.1, -0.05) is 51.5 Å². The molecule has 0 atom stereocenters. The van der Waals surface area contributed by atoms with Crippen LogP contribution in [0.5, 0.6) is 5.75 Å². The van der Waals surface area contributed by atoms with Gasteiger partial charge < -0.3 is 4.74 Å². The van der Waals surface area contributed by atoms with E-state index in [0.717, 1.165) is 18.4 Å². The molecule has 0 fully saturated rings. The number of hydrogen-bond acceptors (Lipinski definition) is 5. The Morgan fingerprint density at radius 2 is 1.75 bits per heavy atom. The molecule has 28 heavy (non-hydrogen) atoms. The second-order valence-electron chi connectivity index (χ2n) is 6.60. The number of thiophene rings is 1. The maximum Gasteiger partial charge on any atom is 0.353 e. The molecule has 1 aromatic carbocycles.